The van der Waals surface area contributed by atoms with Gasteiger partial charge >= 0.3 is 0 Å². The first kappa shape index (κ1) is 7.59. The first-order chi connectivity index (χ1) is 3.85. The van der Waals surface area contributed by atoms with Gasteiger partial charge in [0.05, 0.1) is 0 Å². The lowest BCUT2D eigenvalue weighted by Gasteiger charge is -2.03. The molecule has 2 N–H and O–H groups in total. The minimum atomic E-state index is -0.0208. The lowest BCUT2D eigenvalue weighted by atomic mass is 12.5. The van der Waals surface area contributed by atoms with E-state index in [1.807, 2.05) is 0 Å². The summed E-state index contributed by atoms with van der Waals surface area (Å²) < 4.78 is 3.61. The van der Waals surface area contributed by atoms with Crippen molar-refractivity contribution < 1.29 is 19.6 Å². The standard InChI is InChI=1S/H3N3O4S/c1-2-3(5-4)6-7-8/h1,4,8H. The maximum atomic E-state index is 7.63. The molecule has 0 spiro atoms. The number of thiol groups is 1. The van der Waals surface area contributed by atoms with Crippen LogP contribution < -0.4 is 0 Å². The normalized spacial score (nSPS) is 8.75. The van der Waals surface area contributed by atoms with Gasteiger partial charge in [-0.05, 0) is 10.2 Å². The third kappa shape index (κ3) is 2.71. The summed E-state index contributed by atoms with van der Waals surface area (Å²) in [6, 6.07) is 0. The highest BCUT2D eigenvalue weighted by Crippen LogP contribution is 1.91. The zero-order valence-electron chi connectivity index (χ0n) is 3.51. The fourth-order valence-corrected chi connectivity index (χ4v) is 0.134. The summed E-state index contributed by atoms with van der Waals surface area (Å²) in [6.07, 6.45) is 0. The first-order valence-electron chi connectivity index (χ1n) is 1.32. The number of nitrogens with zero attached hydrogens (tertiary/aromatic N) is 2. The molecule has 8 heteroatoms. The maximum absolute atomic E-state index is 7.63. The van der Waals surface area contributed by atoms with E-state index in [4.69, 9.17) is 10.8 Å². The van der Waals surface area contributed by atoms with E-state index in [1.54, 1.807) is 0 Å². The summed E-state index contributed by atoms with van der Waals surface area (Å²) in [5.41, 5.74) is 6.09. The number of hydrogen-bond acceptors (Lipinski definition) is 7. The minimum Gasteiger partial charge on any atom is -0.224 e. The average molecular weight is 141 g/mol. The largest absolute Gasteiger partial charge is 0.224 e. The van der Waals surface area contributed by atoms with E-state index in [9.17, 15) is 0 Å². The molecule has 0 aromatic rings. The second-order valence-electron chi connectivity index (χ2n) is 0.569. The molecule has 0 saturated heterocycles. The van der Waals surface area contributed by atoms with Crippen LogP contribution in [-0.4, -0.2) is 10.6 Å². The Hall–Kier alpha value is -0.410. The molecule has 8 heavy (non-hydrogen) atoms. The predicted molar refractivity (Wildman–Crippen MR) is 21.9 cm³/mol. The van der Waals surface area contributed by atoms with Gasteiger partial charge < -0.3 is 0 Å². The molecule has 0 rings (SSSR count). The Morgan fingerprint density at radius 2 is 2.38 bits per heavy atom. The molecule has 0 saturated carbocycles. The van der Waals surface area contributed by atoms with Crippen molar-refractivity contribution in [3.05, 3.63) is 0 Å². The number of hydrogen-bond donors (Lipinski definition) is 3. The molecule has 48 valence electrons. The van der Waals surface area contributed by atoms with Gasteiger partial charge in [-0.25, -0.2) is 5.26 Å². The Morgan fingerprint density at radius 3 is 2.50 bits per heavy atom. The van der Waals surface area contributed by atoms with Crippen LogP contribution in [0.1, 0.15) is 0 Å². The van der Waals surface area contributed by atoms with Crippen molar-refractivity contribution >= 4 is 12.9 Å². The Kier molecular flexibility index (Phi) is 4.50. The summed E-state index contributed by atoms with van der Waals surface area (Å²) in [5, 5.41) is 10.0. The third-order valence-corrected chi connectivity index (χ3v) is 0.315. The summed E-state index contributed by atoms with van der Waals surface area (Å²) in [5.74, 6) is 0. The van der Waals surface area contributed by atoms with Gasteiger partial charge in [-0.2, -0.15) is 5.53 Å². The molecule has 0 aliphatic heterocycles. The van der Waals surface area contributed by atoms with Crippen LogP contribution in [0.5, 0.6) is 0 Å². The van der Waals surface area contributed by atoms with E-state index in [1.165, 1.54) is 0 Å². The molecule has 0 heterocycles. The van der Waals surface area contributed by atoms with Crippen molar-refractivity contribution in [1.82, 2.24) is 5.34 Å². The van der Waals surface area contributed by atoms with Crippen molar-refractivity contribution in [2.45, 2.75) is 0 Å². The van der Waals surface area contributed by atoms with Crippen molar-refractivity contribution in [3.63, 3.8) is 0 Å². The molecule has 0 unspecified atom stereocenters. The molecular weight excluding hydrogens is 138 g/mol. The lowest BCUT2D eigenvalue weighted by molar-refractivity contribution is -0.573. The Bertz CT molecular complexity index is 66.3. The average Bonchev–Trinajstić information content (AvgIpc) is 1.83. The Labute approximate surface area is 49.6 Å². The highest BCUT2D eigenvalue weighted by Gasteiger charge is 1.97. The van der Waals surface area contributed by atoms with E-state index in [-0.39, 0.29) is 5.34 Å². The number of nitrogens with one attached hydrogen (secondary N) is 1. The summed E-state index contributed by atoms with van der Waals surface area (Å²) in [4.78, 5) is 6.93. The van der Waals surface area contributed by atoms with Gasteiger partial charge in [0.1, 0.15) is 0 Å². The fraction of sp³-hybridized carbons (Fsp3) is 0. The molecule has 0 radical (unpaired) electrons. The van der Waals surface area contributed by atoms with Crippen molar-refractivity contribution in [1.29, 1.82) is 5.53 Å². The highest BCUT2D eigenvalue weighted by atomic mass is 32.1. The third-order valence-electron chi connectivity index (χ3n) is 0.249. The summed E-state index contributed by atoms with van der Waals surface area (Å²) >= 11 is 3.07. The molecule has 0 aromatic heterocycles. The van der Waals surface area contributed by atoms with E-state index in [2.05, 4.69) is 32.4 Å². The zero-order valence-corrected chi connectivity index (χ0v) is 4.41. The Morgan fingerprint density at radius 1 is 1.75 bits per heavy atom. The van der Waals surface area contributed by atoms with Gasteiger partial charge in [-0.15, -0.1) is 4.33 Å². The maximum Gasteiger partial charge on any atom is 0.0492 e. The molecule has 0 bridgehead atoms. The monoisotopic (exact) mass is 141 g/mol. The van der Waals surface area contributed by atoms with E-state index >= 15 is 0 Å². The topological polar surface area (TPSA) is 87.4 Å². The van der Waals surface area contributed by atoms with Crippen molar-refractivity contribution in [2.24, 2.45) is 5.22 Å². The highest BCUT2D eigenvalue weighted by molar-refractivity contribution is 7.74. The summed E-state index contributed by atoms with van der Waals surface area (Å²) in [7, 11) is 0. The fourth-order valence-electron chi connectivity index (χ4n) is 0.0770. The molecule has 0 aromatic carbocycles. The van der Waals surface area contributed by atoms with Crippen molar-refractivity contribution in [3.8, 4) is 0 Å². The first-order valence-corrected chi connectivity index (χ1v) is 1.69. The SMILES string of the molecule is N=NN(OO)OOS. The zero-order chi connectivity index (χ0) is 6.41. The van der Waals surface area contributed by atoms with Crippen LogP contribution in [0.2, 0.25) is 0 Å². The van der Waals surface area contributed by atoms with Crippen LogP contribution in [0.25, 0.3) is 0 Å². The molecule has 0 amide bonds. The number of rotatable bonds is 4. The van der Waals surface area contributed by atoms with Crippen molar-refractivity contribution in [2.75, 3.05) is 0 Å². The van der Waals surface area contributed by atoms with Crippen LogP contribution in [0.15, 0.2) is 5.22 Å². The lowest BCUT2D eigenvalue weighted by Crippen LogP contribution is -2.13. The van der Waals surface area contributed by atoms with Crippen LogP contribution in [0, 0.1) is 5.53 Å². The van der Waals surface area contributed by atoms with Gasteiger partial charge in [-0.1, -0.05) is 4.99 Å². The van der Waals surface area contributed by atoms with Gasteiger partial charge in [0.2, 0.25) is 0 Å². The second kappa shape index (κ2) is 4.74. The van der Waals surface area contributed by atoms with Gasteiger partial charge in [0.25, 0.3) is 0 Å². The van der Waals surface area contributed by atoms with Crippen LogP contribution >= 0.6 is 12.9 Å². The molecule has 0 atom stereocenters. The second-order valence-corrected chi connectivity index (χ2v) is 0.718. The predicted octanol–water partition coefficient (Wildman–Crippen LogP) is 0.347. The van der Waals surface area contributed by atoms with Gasteiger partial charge in [0.15, 0.2) is 0 Å². The molecule has 0 fully saturated rings. The minimum absolute atomic E-state index is 0.0208. The van der Waals surface area contributed by atoms with Crippen LogP contribution in [0.3, 0.4) is 0 Å². The Balaban J connectivity index is 3.21. The van der Waals surface area contributed by atoms with Crippen LogP contribution in [-0.2, 0) is 14.3 Å². The molecule has 7 nitrogen and oxygen atoms in total. The molecular formula is H3N3O4S. The smallest absolute Gasteiger partial charge is 0.0492 e. The van der Waals surface area contributed by atoms with Crippen LogP contribution in [0.4, 0.5) is 0 Å². The van der Waals surface area contributed by atoms with E-state index in [0.29, 0.717) is 0 Å². The summed E-state index contributed by atoms with van der Waals surface area (Å²) in [6.45, 7) is 0. The van der Waals surface area contributed by atoms with Gasteiger partial charge in [0, 0.05) is 18.2 Å². The molecule has 0 aliphatic rings. The quantitative estimate of drug-likeness (QED) is 0.173. The van der Waals surface area contributed by atoms with E-state index < -0.39 is 0 Å². The molecule has 0 aliphatic carbocycles. The van der Waals surface area contributed by atoms with Gasteiger partial charge in [-0.3, -0.25) is 0 Å². The van der Waals surface area contributed by atoms with E-state index in [0.717, 1.165) is 0 Å².